The lowest BCUT2D eigenvalue weighted by atomic mass is 10.1. The summed E-state index contributed by atoms with van der Waals surface area (Å²) in [5, 5.41) is 4.65. The van der Waals surface area contributed by atoms with E-state index in [4.69, 9.17) is 9.72 Å². The molecule has 1 aliphatic rings. The summed E-state index contributed by atoms with van der Waals surface area (Å²) in [5.41, 5.74) is 3.51. The Morgan fingerprint density at radius 2 is 2.29 bits per heavy atom. The number of aryl methyl sites for hydroxylation is 1. The SMILES string of the molecule is CCc1cnccc1-c1nc(COC)c(CNC2CC2)s1. The van der Waals surface area contributed by atoms with Gasteiger partial charge in [0.1, 0.15) is 5.01 Å². The van der Waals surface area contributed by atoms with E-state index in [0.717, 1.165) is 23.7 Å². The summed E-state index contributed by atoms with van der Waals surface area (Å²) >= 11 is 1.77. The number of thiazole rings is 1. The summed E-state index contributed by atoms with van der Waals surface area (Å²) < 4.78 is 5.30. The van der Waals surface area contributed by atoms with Gasteiger partial charge in [0, 0.05) is 42.5 Å². The van der Waals surface area contributed by atoms with Crippen molar-refractivity contribution in [1.82, 2.24) is 15.3 Å². The first-order chi connectivity index (χ1) is 10.3. The normalized spacial score (nSPS) is 14.6. The van der Waals surface area contributed by atoms with E-state index in [-0.39, 0.29) is 0 Å². The Morgan fingerprint density at radius 1 is 1.43 bits per heavy atom. The Hall–Kier alpha value is -1.30. The molecule has 0 spiro atoms. The van der Waals surface area contributed by atoms with Gasteiger partial charge in [0.2, 0.25) is 0 Å². The van der Waals surface area contributed by atoms with E-state index >= 15 is 0 Å². The summed E-state index contributed by atoms with van der Waals surface area (Å²) in [5.74, 6) is 0. The lowest BCUT2D eigenvalue weighted by Gasteiger charge is -2.02. The summed E-state index contributed by atoms with van der Waals surface area (Å²) in [6.07, 6.45) is 7.35. The molecule has 112 valence electrons. The fourth-order valence-electron chi connectivity index (χ4n) is 2.33. The van der Waals surface area contributed by atoms with Crippen LogP contribution in [-0.4, -0.2) is 23.1 Å². The highest BCUT2D eigenvalue weighted by Crippen LogP contribution is 2.31. The Bertz CT molecular complexity index is 607. The van der Waals surface area contributed by atoms with E-state index in [9.17, 15) is 0 Å². The van der Waals surface area contributed by atoms with Gasteiger partial charge in [-0.25, -0.2) is 4.98 Å². The highest BCUT2D eigenvalue weighted by atomic mass is 32.1. The van der Waals surface area contributed by atoms with Crippen molar-refractivity contribution in [3.8, 4) is 10.6 Å². The first kappa shape index (κ1) is 14.6. The van der Waals surface area contributed by atoms with Crippen LogP contribution in [0.3, 0.4) is 0 Å². The Morgan fingerprint density at radius 3 is 3.00 bits per heavy atom. The summed E-state index contributed by atoms with van der Waals surface area (Å²) in [4.78, 5) is 10.3. The van der Waals surface area contributed by atoms with E-state index in [2.05, 4.69) is 23.3 Å². The lowest BCUT2D eigenvalue weighted by Crippen LogP contribution is -2.15. The molecule has 0 atom stereocenters. The monoisotopic (exact) mass is 303 g/mol. The number of pyridine rings is 1. The van der Waals surface area contributed by atoms with E-state index in [1.807, 2.05) is 12.4 Å². The van der Waals surface area contributed by atoms with E-state index in [1.165, 1.54) is 28.8 Å². The lowest BCUT2D eigenvalue weighted by molar-refractivity contribution is 0.181. The van der Waals surface area contributed by atoms with Crippen molar-refractivity contribution in [3.63, 3.8) is 0 Å². The van der Waals surface area contributed by atoms with Gasteiger partial charge in [0.15, 0.2) is 0 Å². The van der Waals surface area contributed by atoms with Crippen molar-refractivity contribution in [2.75, 3.05) is 7.11 Å². The Balaban J connectivity index is 1.88. The maximum Gasteiger partial charge on any atom is 0.124 e. The van der Waals surface area contributed by atoms with Crippen LogP contribution < -0.4 is 5.32 Å². The summed E-state index contributed by atoms with van der Waals surface area (Å²) in [7, 11) is 1.72. The molecule has 0 unspecified atom stereocenters. The molecule has 0 saturated heterocycles. The van der Waals surface area contributed by atoms with Crippen LogP contribution in [0.5, 0.6) is 0 Å². The van der Waals surface area contributed by atoms with Crippen LogP contribution >= 0.6 is 11.3 Å². The maximum absolute atomic E-state index is 5.30. The predicted molar refractivity (Wildman–Crippen MR) is 85.3 cm³/mol. The van der Waals surface area contributed by atoms with E-state index in [1.54, 1.807) is 18.4 Å². The largest absolute Gasteiger partial charge is 0.378 e. The fraction of sp³-hybridized carbons (Fsp3) is 0.500. The minimum atomic E-state index is 0.574. The molecule has 2 heterocycles. The van der Waals surface area contributed by atoms with Gasteiger partial charge < -0.3 is 10.1 Å². The van der Waals surface area contributed by atoms with Gasteiger partial charge in [-0.2, -0.15) is 0 Å². The Kier molecular flexibility index (Phi) is 4.63. The van der Waals surface area contributed by atoms with Crippen LogP contribution in [0, 0.1) is 0 Å². The maximum atomic E-state index is 5.30. The van der Waals surface area contributed by atoms with Crippen molar-refractivity contribution in [2.45, 2.75) is 45.4 Å². The third-order valence-electron chi connectivity index (χ3n) is 3.70. The highest BCUT2D eigenvalue weighted by molar-refractivity contribution is 7.15. The molecule has 2 aromatic rings. The van der Waals surface area contributed by atoms with Crippen LogP contribution in [0.1, 0.15) is 35.9 Å². The number of nitrogens with zero attached hydrogens (tertiary/aromatic N) is 2. The average Bonchev–Trinajstić information content (AvgIpc) is 3.26. The molecule has 3 rings (SSSR count). The van der Waals surface area contributed by atoms with Crippen LogP contribution in [0.2, 0.25) is 0 Å². The van der Waals surface area contributed by atoms with Gasteiger partial charge in [-0.3, -0.25) is 4.98 Å². The molecule has 0 amide bonds. The molecule has 0 bridgehead atoms. The first-order valence-corrected chi connectivity index (χ1v) is 8.27. The molecular weight excluding hydrogens is 282 g/mol. The zero-order valence-electron chi connectivity index (χ0n) is 12.6. The topological polar surface area (TPSA) is 47.0 Å². The van der Waals surface area contributed by atoms with Gasteiger partial charge in [0.25, 0.3) is 0 Å². The molecule has 21 heavy (non-hydrogen) atoms. The molecule has 0 aliphatic heterocycles. The van der Waals surface area contributed by atoms with Crippen molar-refractivity contribution in [2.24, 2.45) is 0 Å². The third kappa shape index (κ3) is 3.48. The third-order valence-corrected chi connectivity index (χ3v) is 4.83. The number of methoxy groups -OCH3 is 1. The standard InChI is InChI=1S/C16H21N3OS/c1-3-11-8-17-7-6-13(11)16-19-14(10-20-2)15(21-16)9-18-12-4-5-12/h6-8,12,18H,3-5,9-10H2,1-2H3. The minimum Gasteiger partial charge on any atom is -0.378 e. The molecule has 1 saturated carbocycles. The minimum absolute atomic E-state index is 0.574. The summed E-state index contributed by atoms with van der Waals surface area (Å²) in [6.45, 7) is 3.62. The average molecular weight is 303 g/mol. The molecule has 4 nitrogen and oxygen atoms in total. The van der Waals surface area contributed by atoms with Crippen LogP contribution in [-0.2, 0) is 24.3 Å². The molecule has 1 aliphatic carbocycles. The molecule has 0 radical (unpaired) electrons. The molecule has 0 aromatic carbocycles. The number of rotatable bonds is 7. The predicted octanol–water partition coefficient (Wildman–Crippen LogP) is 3.17. The number of hydrogen-bond donors (Lipinski definition) is 1. The van der Waals surface area contributed by atoms with Gasteiger partial charge >= 0.3 is 0 Å². The Labute approximate surface area is 129 Å². The van der Waals surface area contributed by atoms with Crippen LogP contribution in [0.25, 0.3) is 10.6 Å². The van der Waals surface area contributed by atoms with Crippen LogP contribution in [0.4, 0.5) is 0 Å². The molecular formula is C16H21N3OS. The van der Waals surface area contributed by atoms with Crippen molar-refractivity contribution in [1.29, 1.82) is 0 Å². The molecule has 5 heteroatoms. The summed E-state index contributed by atoms with van der Waals surface area (Å²) in [6, 6.07) is 2.77. The van der Waals surface area contributed by atoms with Gasteiger partial charge in [-0.1, -0.05) is 6.92 Å². The highest BCUT2D eigenvalue weighted by Gasteiger charge is 2.22. The molecule has 2 aromatic heterocycles. The van der Waals surface area contributed by atoms with Gasteiger partial charge in [0.05, 0.1) is 12.3 Å². The number of aromatic nitrogens is 2. The zero-order chi connectivity index (χ0) is 14.7. The van der Waals surface area contributed by atoms with Crippen molar-refractivity contribution < 1.29 is 4.74 Å². The second-order valence-corrected chi connectivity index (χ2v) is 6.45. The second-order valence-electron chi connectivity index (χ2n) is 5.36. The van der Waals surface area contributed by atoms with Crippen LogP contribution in [0.15, 0.2) is 18.5 Å². The number of nitrogens with one attached hydrogen (secondary N) is 1. The van der Waals surface area contributed by atoms with Crippen molar-refractivity contribution in [3.05, 3.63) is 34.6 Å². The van der Waals surface area contributed by atoms with E-state index in [0.29, 0.717) is 12.6 Å². The smallest absolute Gasteiger partial charge is 0.124 e. The zero-order valence-corrected chi connectivity index (χ0v) is 13.4. The number of ether oxygens (including phenoxy) is 1. The fourth-order valence-corrected chi connectivity index (χ4v) is 3.40. The van der Waals surface area contributed by atoms with Gasteiger partial charge in [-0.15, -0.1) is 11.3 Å². The second kappa shape index (κ2) is 6.64. The molecule has 1 fully saturated rings. The van der Waals surface area contributed by atoms with E-state index < -0.39 is 0 Å². The quantitative estimate of drug-likeness (QED) is 0.853. The first-order valence-electron chi connectivity index (χ1n) is 7.46. The van der Waals surface area contributed by atoms with Gasteiger partial charge in [-0.05, 0) is 30.9 Å². The molecule has 1 N–H and O–H groups in total. The van der Waals surface area contributed by atoms with Crippen molar-refractivity contribution >= 4 is 11.3 Å². The number of hydrogen-bond acceptors (Lipinski definition) is 5.